The zero-order valence-corrected chi connectivity index (χ0v) is 10.4. The summed E-state index contributed by atoms with van der Waals surface area (Å²) in [6.45, 7) is 1.51. The van der Waals surface area contributed by atoms with E-state index in [1.54, 1.807) is 6.07 Å². The maximum absolute atomic E-state index is 11.6. The molecule has 0 unspecified atom stereocenters. The van der Waals surface area contributed by atoms with Crippen molar-refractivity contribution in [3.05, 3.63) is 24.2 Å². The Hall–Kier alpha value is -2.31. The third kappa shape index (κ3) is 3.57. The summed E-state index contributed by atoms with van der Waals surface area (Å²) in [7, 11) is 0. The summed E-state index contributed by atoms with van der Waals surface area (Å²) in [5.74, 6) is -1.04. The standard InChI is InChI=1S/C12H15N3O4/c1-7(13-12(18)9-3-2-6-19-9)10(16)14-15-11(17)8-4-5-8/h2-3,6-8H,4-5H2,1H3,(H,13,18)(H,14,16)(H,15,17)/t7-/m1/s1. The molecule has 1 aliphatic rings. The average molecular weight is 265 g/mol. The minimum atomic E-state index is -0.780. The molecule has 0 aromatic carbocycles. The van der Waals surface area contributed by atoms with Crippen LogP contribution in [0.4, 0.5) is 0 Å². The summed E-state index contributed by atoms with van der Waals surface area (Å²) in [6.07, 6.45) is 3.08. The Morgan fingerprint density at radius 3 is 2.63 bits per heavy atom. The van der Waals surface area contributed by atoms with Gasteiger partial charge in [-0.15, -0.1) is 0 Å². The summed E-state index contributed by atoms with van der Waals surface area (Å²) in [4.78, 5) is 34.5. The number of hydrogen-bond acceptors (Lipinski definition) is 4. The lowest BCUT2D eigenvalue weighted by molar-refractivity contribution is -0.130. The molecule has 1 fully saturated rings. The van der Waals surface area contributed by atoms with Crippen LogP contribution >= 0.6 is 0 Å². The molecule has 0 bridgehead atoms. The summed E-state index contributed by atoms with van der Waals surface area (Å²) in [5, 5.41) is 2.45. The second kappa shape index (κ2) is 5.55. The highest BCUT2D eigenvalue weighted by Gasteiger charge is 2.30. The van der Waals surface area contributed by atoms with Crippen molar-refractivity contribution in [1.82, 2.24) is 16.2 Å². The Kier molecular flexibility index (Phi) is 3.84. The van der Waals surface area contributed by atoms with Crippen LogP contribution in [0.2, 0.25) is 0 Å². The molecule has 102 valence electrons. The van der Waals surface area contributed by atoms with E-state index in [2.05, 4.69) is 16.2 Å². The fourth-order valence-corrected chi connectivity index (χ4v) is 1.42. The zero-order valence-electron chi connectivity index (χ0n) is 10.4. The van der Waals surface area contributed by atoms with Gasteiger partial charge in [0, 0.05) is 5.92 Å². The Bertz CT molecular complexity index is 479. The Balaban J connectivity index is 1.75. The number of hydrazine groups is 1. The van der Waals surface area contributed by atoms with Crippen LogP contribution in [0.3, 0.4) is 0 Å². The number of hydrogen-bond donors (Lipinski definition) is 3. The van der Waals surface area contributed by atoms with Gasteiger partial charge in [0.25, 0.3) is 11.8 Å². The first-order chi connectivity index (χ1) is 9.08. The minimum absolute atomic E-state index is 0.00770. The van der Waals surface area contributed by atoms with Gasteiger partial charge in [-0.05, 0) is 31.9 Å². The minimum Gasteiger partial charge on any atom is -0.459 e. The Morgan fingerprint density at radius 2 is 2.05 bits per heavy atom. The predicted octanol–water partition coefficient (Wildman–Crippen LogP) is -0.0447. The molecule has 0 aliphatic heterocycles. The molecule has 7 heteroatoms. The van der Waals surface area contributed by atoms with E-state index in [1.807, 2.05) is 0 Å². The van der Waals surface area contributed by atoms with Gasteiger partial charge in [0.1, 0.15) is 6.04 Å². The summed E-state index contributed by atoms with van der Waals surface area (Å²) < 4.78 is 4.90. The van der Waals surface area contributed by atoms with Crippen LogP contribution in [-0.4, -0.2) is 23.8 Å². The number of furan rings is 1. The van der Waals surface area contributed by atoms with Crippen molar-refractivity contribution in [2.75, 3.05) is 0 Å². The van der Waals surface area contributed by atoms with Gasteiger partial charge >= 0.3 is 0 Å². The fourth-order valence-electron chi connectivity index (χ4n) is 1.42. The third-order valence-corrected chi connectivity index (χ3v) is 2.74. The van der Waals surface area contributed by atoms with E-state index in [4.69, 9.17) is 4.42 Å². The second-order valence-corrected chi connectivity index (χ2v) is 4.43. The highest BCUT2D eigenvalue weighted by Crippen LogP contribution is 2.28. The van der Waals surface area contributed by atoms with Gasteiger partial charge in [0.15, 0.2) is 5.76 Å². The molecule has 0 spiro atoms. The first kappa shape index (κ1) is 13.1. The Morgan fingerprint density at radius 1 is 1.32 bits per heavy atom. The lowest BCUT2D eigenvalue weighted by atomic mass is 10.3. The van der Waals surface area contributed by atoms with Gasteiger partial charge < -0.3 is 9.73 Å². The molecule has 1 atom stereocenters. The highest BCUT2D eigenvalue weighted by molar-refractivity contribution is 5.95. The molecule has 0 radical (unpaired) electrons. The quantitative estimate of drug-likeness (QED) is 0.665. The van der Waals surface area contributed by atoms with E-state index in [1.165, 1.54) is 19.3 Å². The molecule has 2 rings (SSSR count). The SMILES string of the molecule is C[C@@H](NC(=O)c1ccco1)C(=O)NNC(=O)C1CC1. The van der Waals surface area contributed by atoms with Crippen molar-refractivity contribution in [3.63, 3.8) is 0 Å². The molecule has 7 nitrogen and oxygen atoms in total. The van der Waals surface area contributed by atoms with E-state index >= 15 is 0 Å². The van der Waals surface area contributed by atoms with Crippen LogP contribution in [0.5, 0.6) is 0 Å². The lowest BCUT2D eigenvalue weighted by Crippen LogP contribution is -2.51. The van der Waals surface area contributed by atoms with Gasteiger partial charge in [-0.1, -0.05) is 0 Å². The lowest BCUT2D eigenvalue weighted by Gasteiger charge is -2.13. The van der Waals surface area contributed by atoms with Gasteiger partial charge in [0.2, 0.25) is 5.91 Å². The molecule has 1 aromatic rings. The van der Waals surface area contributed by atoms with Crippen LogP contribution in [-0.2, 0) is 9.59 Å². The normalized spacial score (nSPS) is 15.4. The van der Waals surface area contributed by atoms with E-state index in [0.717, 1.165) is 12.8 Å². The van der Waals surface area contributed by atoms with Crippen LogP contribution < -0.4 is 16.2 Å². The van der Waals surface area contributed by atoms with Gasteiger partial charge in [-0.3, -0.25) is 25.2 Å². The van der Waals surface area contributed by atoms with Gasteiger partial charge in [-0.2, -0.15) is 0 Å². The third-order valence-electron chi connectivity index (χ3n) is 2.74. The molecular formula is C12H15N3O4. The maximum atomic E-state index is 11.6. The van der Waals surface area contributed by atoms with Crippen molar-refractivity contribution in [2.24, 2.45) is 5.92 Å². The van der Waals surface area contributed by atoms with Gasteiger partial charge in [0.05, 0.1) is 6.26 Å². The number of amides is 3. The number of nitrogens with one attached hydrogen (secondary N) is 3. The Labute approximate surface area is 109 Å². The molecule has 3 N–H and O–H groups in total. The average Bonchev–Trinajstić information content (AvgIpc) is 3.10. The van der Waals surface area contributed by atoms with E-state index < -0.39 is 17.9 Å². The van der Waals surface area contributed by atoms with Gasteiger partial charge in [-0.25, -0.2) is 0 Å². The summed E-state index contributed by atoms with van der Waals surface area (Å²) in [5.41, 5.74) is 4.59. The topological polar surface area (TPSA) is 100 Å². The number of carbonyl (C=O) groups is 3. The van der Waals surface area contributed by atoms with Crippen molar-refractivity contribution < 1.29 is 18.8 Å². The predicted molar refractivity (Wildman–Crippen MR) is 64.6 cm³/mol. The van der Waals surface area contributed by atoms with Crippen LogP contribution in [0.25, 0.3) is 0 Å². The van der Waals surface area contributed by atoms with E-state index in [0.29, 0.717) is 0 Å². The van der Waals surface area contributed by atoms with Crippen molar-refractivity contribution in [3.8, 4) is 0 Å². The second-order valence-electron chi connectivity index (χ2n) is 4.43. The maximum Gasteiger partial charge on any atom is 0.287 e. The molecule has 3 amide bonds. The van der Waals surface area contributed by atoms with Crippen LogP contribution in [0, 0.1) is 5.92 Å². The van der Waals surface area contributed by atoms with Crippen molar-refractivity contribution in [1.29, 1.82) is 0 Å². The van der Waals surface area contributed by atoms with Crippen LogP contribution in [0.15, 0.2) is 22.8 Å². The fraction of sp³-hybridized carbons (Fsp3) is 0.417. The van der Waals surface area contributed by atoms with Crippen LogP contribution in [0.1, 0.15) is 30.3 Å². The smallest absolute Gasteiger partial charge is 0.287 e. The van der Waals surface area contributed by atoms with E-state index in [-0.39, 0.29) is 17.6 Å². The highest BCUT2D eigenvalue weighted by atomic mass is 16.3. The summed E-state index contributed by atoms with van der Waals surface area (Å²) >= 11 is 0. The monoisotopic (exact) mass is 265 g/mol. The molecule has 0 saturated heterocycles. The largest absolute Gasteiger partial charge is 0.459 e. The first-order valence-corrected chi connectivity index (χ1v) is 6.02. The van der Waals surface area contributed by atoms with Crippen molar-refractivity contribution >= 4 is 17.7 Å². The first-order valence-electron chi connectivity index (χ1n) is 6.02. The molecule has 1 saturated carbocycles. The molecule has 1 aromatic heterocycles. The molecule has 19 heavy (non-hydrogen) atoms. The molecular weight excluding hydrogens is 250 g/mol. The van der Waals surface area contributed by atoms with E-state index in [9.17, 15) is 14.4 Å². The zero-order chi connectivity index (χ0) is 13.8. The summed E-state index contributed by atoms with van der Waals surface area (Å²) in [6, 6.07) is 2.29. The molecule has 1 heterocycles. The number of rotatable bonds is 4. The number of carbonyl (C=O) groups excluding carboxylic acids is 3. The molecule has 1 aliphatic carbocycles. The van der Waals surface area contributed by atoms with Crippen molar-refractivity contribution in [2.45, 2.75) is 25.8 Å².